The Bertz CT molecular complexity index is 452. The van der Waals surface area contributed by atoms with Gasteiger partial charge < -0.3 is 15.3 Å². The Labute approximate surface area is 109 Å². The van der Waals surface area contributed by atoms with Gasteiger partial charge in [-0.2, -0.15) is 0 Å². The first-order chi connectivity index (χ1) is 8.60. The van der Waals surface area contributed by atoms with Crippen LogP contribution in [0.15, 0.2) is 12.1 Å². The molecule has 6 heteroatoms. The smallest absolute Gasteiger partial charge is 0.317 e. The second-order valence-electron chi connectivity index (χ2n) is 4.32. The summed E-state index contributed by atoms with van der Waals surface area (Å²) in [4.78, 5) is 26.2. The fraction of sp³-hybridized carbons (Fsp3) is 0.500. The summed E-state index contributed by atoms with van der Waals surface area (Å²) in [6.07, 6.45) is 1.00. The van der Waals surface area contributed by atoms with Crippen molar-refractivity contribution >= 4 is 23.3 Å². The molecule has 1 aromatic rings. The van der Waals surface area contributed by atoms with E-state index in [9.17, 15) is 9.59 Å². The van der Waals surface area contributed by atoms with Crippen LogP contribution in [-0.2, 0) is 17.8 Å². The molecule has 2 amide bonds. The van der Waals surface area contributed by atoms with Crippen LogP contribution in [0.4, 0.5) is 4.79 Å². The number of nitrogens with one attached hydrogen (secondary N) is 1. The van der Waals surface area contributed by atoms with Gasteiger partial charge in [-0.15, -0.1) is 11.3 Å². The molecule has 0 unspecified atom stereocenters. The van der Waals surface area contributed by atoms with Gasteiger partial charge in [-0.3, -0.25) is 4.79 Å². The molecule has 5 nitrogen and oxygen atoms in total. The number of urea groups is 1. The summed E-state index contributed by atoms with van der Waals surface area (Å²) in [5.41, 5.74) is 0. The molecule has 1 aliphatic heterocycles. The number of likely N-dealkylation sites (tertiary alicyclic amines) is 1. The third-order valence-electron chi connectivity index (χ3n) is 3.00. The zero-order valence-electron chi connectivity index (χ0n) is 10.2. The van der Waals surface area contributed by atoms with Gasteiger partial charge >= 0.3 is 12.0 Å². The lowest BCUT2D eigenvalue weighted by atomic mass is 10.0. The maximum atomic E-state index is 11.7. The number of aryl methyl sites for hydroxylation is 1. The van der Waals surface area contributed by atoms with Gasteiger partial charge in [0.2, 0.25) is 0 Å². The molecule has 1 saturated heterocycles. The van der Waals surface area contributed by atoms with Crippen molar-refractivity contribution in [3.8, 4) is 0 Å². The third kappa shape index (κ3) is 2.81. The van der Waals surface area contributed by atoms with Gasteiger partial charge in [0, 0.05) is 22.8 Å². The van der Waals surface area contributed by atoms with Crippen LogP contribution < -0.4 is 5.32 Å². The molecular formula is C12H16N2O3S. The van der Waals surface area contributed by atoms with E-state index in [2.05, 4.69) is 18.3 Å². The summed E-state index contributed by atoms with van der Waals surface area (Å²) >= 11 is 1.69. The minimum atomic E-state index is -0.829. The van der Waals surface area contributed by atoms with Gasteiger partial charge in [-0.25, -0.2) is 4.79 Å². The first-order valence-corrected chi connectivity index (χ1v) is 6.75. The standard InChI is InChI=1S/C12H16N2O3S/c1-2-9-3-4-10(18-9)5-13-12(17)14-6-8(7-14)11(15)16/h3-4,8H,2,5-7H2,1H3,(H,13,17)(H,15,16). The number of aliphatic carboxylic acids is 1. The number of carbonyl (C=O) groups is 2. The maximum absolute atomic E-state index is 11.7. The van der Waals surface area contributed by atoms with Crippen molar-refractivity contribution in [3.05, 3.63) is 21.9 Å². The Morgan fingerprint density at radius 1 is 1.44 bits per heavy atom. The van der Waals surface area contributed by atoms with Crippen molar-refractivity contribution < 1.29 is 14.7 Å². The lowest BCUT2D eigenvalue weighted by Crippen LogP contribution is -2.55. The molecule has 0 aromatic carbocycles. The van der Waals surface area contributed by atoms with Crippen LogP contribution in [-0.4, -0.2) is 35.1 Å². The monoisotopic (exact) mass is 268 g/mol. The van der Waals surface area contributed by atoms with Gasteiger partial charge in [0.05, 0.1) is 12.5 Å². The molecule has 98 valence electrons. The molecule has 0 bridgehead atoms. The molecule has 0 saturated carbocycles. The molecule has 0 radical (unpaired) electrons. The number of carbonyl (C=O) groups excluding carboxylic acids is 1. The van der Waals surface area contributed by atoms with Crippen molar-refractivity contribution in [2.24, 2.45) is 5.92 Å². The minimum absolute atomic E-state index is 0.182. The number of amides is 2. The van der Waals surface area contributed by atoms with Crippen LogP contribution in [0.5, 0.6) is 0 Å². The number of carboxylic acids is 1. The van der Waals surface area contributed by atoms with Gasteiger partial charge in [0.15, 0.2) is 0 Å². The predicted octanol–water partition coefficient (Wildman–Crippen LogP) is 1.54. The number of thiophene rings is 1. The lowest BCUT2D eigenvalue weighted by molar-refractivity contribution is -0.146. The highest BCUT2D eigenvalue weighted by Crippen LogP contribution is 2.18. The largest absolute Gasteiger partial charge is 0.481 e. The molecule has 0 spiro atoms. The fourth-order valence-electron chi connectivity index (χ4n) is 1.78. The minimum Gasteiger partial charge on any atom is -0.481 e. The maximum Gasteiger partial charge on any atom is 0.317 e. The fourth-order valence-corrected chi connectivity index (χ4v) is 2.68. The number of carboxylic acid groups (broad SMARTS) is 1. The molecule has 2 heterocycles. The Kier molecular flexibility index (Phi) is 3.86. The van der Waals surface area contributed by atoms with E-state index in [1.54, 1.807) is 11.3 Å². The molecule has 1 aliphatic rings. The Balaban J connectivity index is 1.74. The van der Waals surface area contributed by atoms with E-state index in [0.29, 0.717) is 19.6 Å². The number of hydrogen-bond donors (Lipinski definition) is 2. The van der Waals surface area contributed by atoms with E-state index < -0.39 is 11.9 Å². The topological polar surface area (TPSA) is 69.6 Å². The Hall–Kier alpha value is -1.56. The first kappa shape index (κ1) is 12.9. The third-order valence-corrected chi connectivity index (χ3v) is 4.23. The van der Waals surface area contributed by atoms with E-state index in [4.69, 9.17) is 5.11 Å². The zero-order valence-corrected chi connectivity index (χ0v) is 11.0. The summed E-state index contributed by atoms with van der Waals surface area (Å²) < 4.78 is 0. The Morgan fingerprint density at radius 3 is 2.67 bits per heavy atom. The van der Waals surface area contributed by atoms with Gasteiger partial charge in [0.1, 0.15) is 0 Å². The molecule has 1 fully saturated rings. The molecule has 18 heavy (non-hydrogen) atoms. The van der Waals surface area contributed by atoms with Gasteiger partial charge in [-0.1, -0.05) is 6.92 Å². The van der Waals surface area contributed by atoms with E-state index in [0.717, 1.165) is 11.3 Å². The van der Waals surface area contributed by atoms with Crippen molar-refractivity contribution in [1.29, 1.82) is 0 Å². The summed E-state index contributed by atoms with van der Waals surface area (Å²) in [5, 5.41) is 11.5. The van der Waals surface area contributed by atoms with Crippen LogP contribution in [0, 0.1) is 5.92 Å². The van der Waals surface area contributed by atoms with Gasteiger partial charge in [-0.05, 0) is 18.6 Å². The molecule has 0 aliphatic carbocycles. The quantitative estimate of drug-likeness (QED) is 0.870. The molecule has 1 aromatic heterocycles. The summed E-state index contributed by atoms with van der Waals surface area (Å²) in [5.74, 6) is -1.23. The first-order valence-electron chi connectivity index (χ1n) is 5.93. The van der Waals surface area contributed by atoms with Crippen molar-refractivity contribution in [3.63, 3.8) is 0 Å². The van der Waals surface area contributed by atoms with Crippen LogP contribution in [0.3, 0.4) is 0 Å². The van der Waals surface area contributed by atoms with Crippen LogP contribution in [0.1, 0.15) is 16.7 Å². The second-order valence-corrected chi connectivity index (χ2v) is 5.57. The second kappa shape index (κ2) is 5.39. The average Bonchev–Trinajstić information content (AvgIpc) is 2.71. The highest BCUT2D eigenvalue weighted by Gasteiger charge is 2.35. The molecule has 0 atom stereocenters. The zero-order chi connectivity index (χ0) is 13.1. The highest BCUT2D eigenvalue weighted by molar-refractivity contribution is 7.11. The summed E-state index contributed by atoms with van der Waals surface area (Å²) in [7, 11) is 0. The normalized spacial score (nSPS) is 15.3. The van der Waals surface area contributed by atoms with E-state index in [-0.39, 0.29) is 6.03 Å². The number of hydrogen-bond acceptors (Lipinski definition) is 3. The highest BCUT2D eigenvalue weighted by atomic mass is 32.1. The van der Waals surface area contributed by atoms with E-state index >= 15 is 0 Å². The average molecular weight is 268 g/mol. The predicted molar refractivity (Wildman–Crippen MR) is 68.6 cm³/mol. The van der Waals surface area contributed by atoms with Crippen LogP contribution in [0.25, 0.3) is 0 Å². The molecule has 2 N–H and O–H groups in total. The molecular weight excluding hydrogens is 252 g/mol. The number of nitrogens with zero attached hydrogens (tertiary/aromatic N) is 1. The lowest BCUT2D eigenvalue weighted by Gasteiger charge is -2.36. The van der Waals surface area contributed by atoms with Crippen molar-refractivity contribution in [2.75, 3.05) is 13.1 Å². The summed E-state index contributed by atoms with van der Waals surface area (Å²) in [6, 6.07) is 3.90. The SMILES string of the molecule is CCc1ccc(CNC(=O)N2CC(C(=O)O)C2)s1. The van der Waals surface area contributed by atoms with Crippen molar-refractivity contribution in [1.82, 2.24) is 10.2 Å². The van der Waals surface area contributed by atoms with Crippen LogP contribution in [0.2, 0.25) is 0 Å². The Morgan fingerprint density at radius 2 is 2.11 bits per heavy atom. The van der Waals surface area contributed by atoms with Crippen molar-refractivity contribution in [2.45, 2.75) is 19.9 Å². The van der Waals surface area contributed by atoms with Gasteiger partial charge in [0.25, 0.3) is 0 Å². The van der Waals surface area contributed by atoms with E-state index in [1.807, 2.05) is 6.07 Å². The van der Waals surface area contributed by atoms with E-state index in [1.165, 1.54) is 9.78 Å². The van der Waals surface area contributed by atoms with Crippen LogP contribution >= 0.6 is 11.3 Å². The number of rotatable bonds is 4. The summed E-state index contributed by atoms with van der Waals surface area (Å²) in [6.45, 7) is 3.23. The molecule has 2 rings (SSSR count).